The zero-order chi connectivity index (χ0) is 10.9. The van der Waals surface area contributed by atoms with Crippen molar-refractivity contribution in [2.24, 2.45) is 0 Å². The minimum absolute atomic E-state index is 1.16. The van der Waals surface area contributed by atoms with Gasteiger partial charge in [0.2, 0.25) is 0 Å². The molecule has 0 aromatic rings. The maximum atomic E-state index is 5.52. The molecule has 14 heavy (non-hydrogen) atoms. The molecule has 0 aromatic heterocycles. The second-order valence-electron chi connectivity index (χ2n) is 4.52. The Morgan fingerprint density at radius 1 is 0.929 bits per heavy atom. The fourth-order valence-corrected chi connectivity index (χ4v) is 3.16. The van der Waals surface area contributed by atoms with Gasteiger partial charge in [0.1, 0.15) is 0 Å². The molecule has 0 bridgehead atoms. The van der Waals surface area contributed by atoms with E-state index in [2.05, 4.69) is 29.0 Å². The van der Waals surface area contributed by atoms with Gasteiger partial charge in [-0.2, -0.15) is 0 Å². The lowest BCUT2D eigenvalue weighted by Crippen LogP contribution is -2.27. The Balaban J connectivity index is 3.13. The van der Waals surface area contributed by atoms with E-state index in [1.165, 1.54) is 44.6 Å². The molecule has 1 nitrogen and oxygen atoms in total. The lowest BCUT2D eigenvalue weighted by atomic mass is 10.1. The Labute approximate surface area is 98.9 Å². The summed E-state index contributed by atoms with van der Waals surface area (Å²) in [6.45, 7) is 4.61. The Kier molecular flexibility index (Phi) is 9.34. The van der Waals surface area contributed by atoms with Gasteiger partial charge in [-0.1, -0.05) is 48.0 Å². The van der Waals surface area contributed by atoms with Crippen molar-refractivity contribution in [2.75, 3.05) is 12.4 Å². The summed E-state index contributed by atoms with van der Waals surface area (Å²) in [5, 5.41) is 1.16. The van der Waals surface area contributed by atoms with Crippen LogP contribution in [-0.4, -0.2) is 20.8 Å². The van der Waals surface area contributed by atoms with Crippen molar-refractivity contribution in [3.8, 4) is 0 Å². The van der Waals surface area contributed by atoms with Gasteiger partial charge in [0, 0.05) is 12.4 Å². The van der Waals surface area contributed by atoms with E-state index >= 15 is 0 Å². The predicted molar refractivity (Wildman–Crippen MR) is 70.8 cm³/mol. The normalized spacial score (nSPS) is 12.0. The molecular formula is C11H25BrOSi. The van der Waals surface area contributed by atoms with Crippen LogP contribution in [0, 0.1) is 0 Å². The third-order valence-corrected chi connectivity index (χ3v) is 5.94. The monoisotopic (exact) mass is 280 g/mol. The predicted octanol–water partition coefficient (Wildman–Crippen LogP) is 4.57. The summed E-state index contributed by atoms with van der Waals surface area (Å²) < 4.78 is 5.52. The van der Waals surface area contributed by atoms with Crippen molar-refractivity contribution in [2.45, 2.75) is 57.7 Å². The van der Waals surface area contributed by atoms with Gasteiger partial charge in [-0.05, 0) is 25.6 Å². The summed E-state index contributed by atoms with van der Waals surface area (Å²) in [6, 6.07) is 1.32. The van der Waals surface area contributed by atoms with Crippen molar-refractivity contribution >= 4 is 24.2 Å². The molecule has 0 aliphatic heterocycles. The molecule has 0 saturated carbocycles. The molecule has 3 heteroatoms. The van der Waals surface area contributed by atoms with Crippen molar-refractivity contribution in [3.05, 3.63) is 0 Å². The largest absolute Gasteiger partial charge is 0.420 e. The lowest BCUT2D eigenvalue weighted by molar-refractivity contribution is 0.401. The molecule has 0 amide bonds. The Morgan fingerprint density at radius 3 is 1.93 bits per heavy atom. The standard InChI is InChI=1S/C11H25BrOSi/c1-13-14(2,3)11-9-7-5-4-6-8-10-12/h4-11H2,1-3H3. The Morgan fingerprint density at radius 2 is 1.43 bits per heavy atom. The average Bonchev–Trinajstić information content (AvgIpc) is 2.16. The van der Waals surface area contributed by atoms with Gasteiger partial charge in [0.15, 0.2) is 8.32 Å². The van der Waals surface area contributed by atoms with Gasteiger partial charge in [-0.15, -0.1) is 0 Å². The van der Waals surface area contributed by atoms with Crippen LogP contribution in [0.25, 0.3) is 0 Å². The molecule has 0 N–H and O–H groups in total. The highest BCUT2D eigenvalue weighted by Gasteiger charge is 2.18. The van der Waals surface area contributed by atoms with Gasteiger partial charge >= 0.3 is 0 Å². The summed E-state index contributed by atoms with van der Waals surface area (Å²) in [4.78, 5) is 0. The van der Waals surface area contributed by atoms with Crippen LogP contribution in [0.2, 0.25) is 19.1 Å². The van der Waals surface area contributed by atoms with E-state index in [9.17, 15) is 0 Å². The molecule has 0 heterocycles. The third kappa shape index (κ3) is 9.22. The van der Waals surface area contributed by atoms with Crippen LogP contribution in [0.4, 0.5) is 0 Å². The number of unbranched alkanes of at least 4 members (excludes halogenated alkanes) is 5. The minimum atomic E-state index is -1.26. The van der Waals surface area contributed by atoms with Crippen LogP contribution in [0.5, 0.6) is 0 Å². The van der Waals surface area contributed by atoms with Crippen LogP contribution in [0.3, 0.4) is 0 Å². The van der Waals surface area contributed by atoms with E-state index in [-0.39, 0.29) is 0 Å². The van der Waals surface area contributed by atoms with Gasteiger partial charge in [-0.3, -0.25) is 0 Å². The zero-order valence-electron chi connectivity index (χ0n) is 9.94. The first-order valence-electron chi connectivity index (χ1n) is 5.73. The molecule has 0 saturated heterocycles. The lowest BCUT2D eigenvalue weighted by Gasteiger charge is -2.19. The van der Waals surface area contributed by atoms with Crippen molar-refractivity contribution in [1.82, 2.24) is 0 Å². The van der Waals surface area contributed by atoms with Gasteiger partial charge < -0.3 is 4.43 Å². The van der Waals surface area contributed by atoms with E-state index < -0.39 is 8.32 Å². The molecule has 0 rings (SSSR count). The van der Waals surface area contributed by atoms with Crippen LogP contribution in [0.15, 0.2) is 0 Å². The molecule has 0 fully saturated rings. The zero-order valence-corrected chi connectivity index (χ0v) is 12.5. The minimum Gasteiger partial charge on any atom is -0.420 e. The van der Waals surface area contributed by atoms with Crippen molar-refractivity contribution in [1.29, 1.82) is 0 Å². The molecule has 0 radical (unpaired) electrons. The van der Waals surface area contributed by atoms with Gasteiger partial charge in [0.05, 0.1) is 0 Å². The van der Waals surface area contributed by atoms with E-state index in [0.717, 1.165) is 5.33 Å². The summed E-state index contributed by atoms with van der Waals surface area (Å²) in [6.07, 6.45) is 8.28. The number of hydrogen-bond donors (Lipinski definition) is 0. The maximum absolute atomic E-state index is 5.52. The molecular weight excluding hydrogens is 256 g/mol. The maximum Gasteiger partial charge on any atom is 0.186 e. The molecule has 86 valence electrons. The Bertz CT molecular complexity index is 128. The molecule has 0 aromatic carbocycles. The summed E-state index contributed by atoms with van der Waals surface area (Å²) in [5.74, 6) is 0. The summed E-state index contributed by atoms with van der Waals surface area (Å²) in [7, 11) is 0.603. The van der Waals surface area contributed by atoms with E-state index in [0.29, 0.717) is 0 Å². The van der Waals surface area contributed by atoms with Gasteiger partial charge in [0.25, 0.3) is 0 Å². The molecule has 0 aliphatic rings. The first-order chi connectivity index (χ1) is 6.62. The van der Waals surface area contributed by atoms with Crippen LogP contribution in [-0.2, 0) is 4.43 Å². The van der Waals surface area contributed by atoms with E-state index in [1.807, 2.05) is 7.11 Å². The van der Waals surface area contributed by atoms with E-state index in [1.54, 1.807) is 0 Å². The number of alkyl halides is 1. The fourth-order valence-electron chi connectivity index (χ4n) is 1.45. The molecule has 0 aliphatic carbocycles. The second-order valence-corrected chi connectivity index (χ2v) is 9.74. The highest BCUT2D eigenvalue weighted by atomic mass is 79.9. The smallest absolute Gasteiger partial charge is 0.186 e. The van der Waals surface area contributed by atoms with E-state index in [4.69, 9.17) is 4.43 Å². The number of halogens is 1. The van der Waals surface area contributed by atoms with Crippen LogP contribution < -0.4 is 0 Å². The van der Waals surface area contributed by atoms with Gasteiger partial charge in [-0.25, -0.2) is 0 Å². The fraction of sp³-hybridized carbons (Fsp3) is 1.00. The average molecular weight is 281 g/mol. The molecule has 0 spiro atoms. The molecule has 0 unspecified atom stereocenters. The first kappa shape index (κ1) is 14.7. The van der Waals surface area contributed by atoms with Crippen molar-refractivity contribution < 1.29 is 4.43 Å². The highest BCUT2D eigenvalue weighted by molar-refractivity contribution is 9.09. The molecule has 0 atom stereocenters. The summed E-state index contributed by atoms with van der Waals surface area (Å²) >= 11 is 3.46. The topological polar surface area (TPSA) is 9.23 Å². The second kappa shape index (κ2) is 8.92. The quantitative estimate of drug-likeness (QED) is 0.341. The highest BCUT2D eigenvalue weighted by Crippen LogP contribution is 2.16. The first-order valence-corrected chi connectivity index (χ1v) is 9.97. The SMILES string of the molecule is CO[Si](C)(C)CCCCCCCCBr. The number of hydrogen-bond acceptors (Lipinski definition) is 1. The van der Waals surface area contributed by atoms with Crippen molar-refractivity contribution in [3.63, 3.8) is 0 Å². The third-order valence-electron chi connectivity index (χ3n) is 2.72. The Hall–Kier alpha value is 0.657. The van der Waals surface area contributed by atoms with Crippen LogP contribution in [0.1, 0.15) is 38.5 Å². The number of rotatable bonds is 9. The summed E-state index contributed by atoms with van der Waals surface area (Å²) in [5.41, 5.74) is 0. The van der Waals surface area contributed by atoms with Crippen LogP contribution >= 0.6 is 15.9 Å².